The zero-order valence-corrected chi connectivity index (χ0v) is 19.9. The third-order valence-electron chi connectivity index (χ3n) is 5.99. The molecule has 168 valence electrons. The molecular weight excluding hydrogens is 410 g/mol. The predicted octanol–water partition coefficient (Wildman–Crippen LogP) is 4.17. The van der Waals surface area contributed by atoms with Gasteiger partial charge in [0.15, 0.2) is 0 Å². The Morgan fingerprint density at radius 1 is 1.00 bits per heavy atom. The molecule has 1 amide bonds. The average molecular weight is 444 g/mol. The molecule has 1 aliphatic rings. The number of anilines is 1. The fourth-order valence-electron chi connectivity index (χ4n) is 4.24. The Bertz CT molecular complexity index is 999. The molecule has 0 aliphatic carbocycles. The second-order valence-electron chi connectivity index (χ2n) is 8.03. The van der Waals surface area contributed by atoms with Crippen molar-refractivity contribution < 1.29 is 13.2 Å². The first-order valence-electron chi connectivity index (χ1n) is 11.0. The van der Waals surface area contributed by atoms with Crippen molar-refractivity contribution in [3.05, 3.63) is 59.7 Å². The van der Waals surface area contributed by atoms with Gasteiger partial charge in [-0.05, 0) is 57.5 Å². The number of nitrogens with zero attached hydrogens (tertiary/aromatic N) is 3. The Kier molecular flexibility index (Phi) is 7.06. The summed E-state index contributed by atoms with van der Waals surface area (Å²) in [5.41, 5.74) is 2.89. The minimum absolute atomic E-state index is 0.0491. The van der Waals surface area contributed by atoms with Crippen molar-refractivity contribution in [2.45, 2.75) is 58.1 Å². The molecule has 0 unspecified atom stereocenters. The van der Waals surface area contributed by atoms with Crippen LogP contribution in [0.4, 0.5) is 5.69 Å². The molecule has 6 nitrogen and oxygen atoms in total. The monoisotopic (exact) mass is 443 g/mol. The lowest BCUT2D eigenvalue weighted by Crippen LogP contribution is -2.39. The van der Waals surface area contributed by atoms with Crippen molar-refractivity contribution in [1.82, 2.24) is 9.21 Å². The predicted molar refractivity (Wildman–Crippen MR) is 124 cm³/mol. The first-order chi connectivity index (χ1) is 14.7. The van der Waals surface area contributed by atoms with Gasteiger partial charge in [-0.3, -0.25) is 4.79 Å². The van der Waals surface area contributed by atoms with Crippen molar-refractivity contribution in [2.75, 3.05) is 24.5 Å². The van der Waals surface area contributed by atoms with E-state index in [0.717, 1.165) is 29.9 Å². The molecule has 0 radical (unpaired) electrons. The fourth-order valence-corrected chi connectivity index (χ4v) is 5.89. The van der Waals surface area contributed by atoms with Gasteiger partial charge in [0, 0.05) is 37.8 Å². The number of carbonyl (C=O) groups is 1. The number of hydrogen-bond acceptors (Lipinski definition) is 4. The largest absolute Gasteiger partial charge is 0.372 e. The Morgan fingerprint density at radius 2 is 1.58 bits per heavy atom. The average Bonchev–Trinajstić information content (AvgIpc) is 3.13. The summed E-state index contributed by atoms with van der Waals surface area (Å²) in [6.07, 6.45) is -0.323. The molecule has 2 aromatic rings. The summed E-state index contributed by atoms with van der Waals surface area (Å²) in [4.78, 5) is 17.0. The molecule has 0 saturated carbocycles. The lowest BCUT2D eigenvalue weighted by molar-refractivity contribution is -0.134. The van der Waals surface area contributed by atoms with Gasteiger partial charge in [0.1, 0.15) is 6.17 Å². The molecule has 0 N–H and O–H groups in total. The molecule has 1 heterocycles. The standard InChI is InChI=1S/C24H33N3O3S/c1-6-23(28)27-19(5)17-26(31(29,30)22-15-9-18(4)10-16-22)24(27)20-11-13-21(14-12-20)25(7-2)8-3/h9-16,19,24H,6-8,17H2,1-5H3/t19-,24+/m0/s1. The third-order valence-corrected chi connectivity index (χ3v) is 7.83. The molecule has 1 saturated heterocycles. The van der Waals surface area contributed by atoms with E-state index in [0.29, 0.717) is 6.42 Å². The van der Waals surface area contributed by atoms with Gasteiger partial charge in [-0.2, -0.15) is 4.31 Å². The van der Waals surface area contributed by atoms with E-state index in [9.17, 15) is 13.2 Å². The number of sulfonamides is 1. The van der Waals surface area contributed by atoms with E-state index in [4.69, 9.17) is 0 Å². The molecule has 2 aromatic carbocycles. The number of aryl methyl sites for hydroxylation is 1. The minimum atomic E-state index is -3.77. The highest BCUT2D eigenvalue weighted by atomic mass is 32.2. The molecule has 3 rings (SSSR count). The SMILES string of the molecule is CCC(=O)N1[C@@H](C)CN(S(=O)(=O)c2ccc(C)cc2)[C@H]1c1ccc(N(CC)CC)cc1. The molecule has 1 aliphatic heterocycles. The van der Waals surface area contributed by atoms with Crippen LogP contribution in [-0.2, 0) is 14.8 Å². The van der Waals surface area contributed by atoms with E-state index < -0.39 is 16.2 Å². The maximum absolute atomic E-state index is 13.6. The van der Waals surface area contributed by atoms with Crippen LogP contribution in [0.25, 0.3) is 0 Å². The van der Waals surface area contributed by atoms with E-state index in [1.54, 1.807) is 29.2 Å². The first-order valence-corrected chi connectivity index (χ1v) is 12.4. The number of amides is 1. The number of hydrogen-bond donors (Lipinski definition) is 0. The lowest BCUT2D eigenvalue weighted by atomic mass is 10.1. The zero-order valence-electron chi connectivity index (χ0n) is 19.1. The molecule has 31 heavy (non-hydrogen) atoms. The summed E-state index contributed by atoms with van der Waals surface area (Å²) in [7, 11) is -3.77. The van der Waals surface area contributed by atoms with Gasteiger partial charge in [-0.1, -0.05) is 36.8 Å². The highest BCUT2D eigenvalue weighted by Gasteiger charge is 2.46. The summed E-state index contributed by atoms with van der Waals surface area (Å²) < 4.78 is 28.6. The number of benzene rings is 2. The van der Waals surface area contributed by atoms with E-state index in [1.165, 1.54) is 4.31 Å². The summed E-state index contributed by atoms with van der Waals surface area (Å²) in [6, 6.07) is 14.6. The molecule has 0 spiro atoms. The van der Waals surface area contributed by atoms with Crippen LogP contribution in [-0.4, -0.2) is 49.2 Å². The van der Waals surface area contributed by atoms with Gasteiger partial charge in [0.05, 0.1) is 4.90 Å². The Labute approximate surface area is 186 Å². The van der Waals surface area contributed by atoms with Gasteiger partial charge < -0.3 is 9.80 Å². The molecule has 0 aromatic heterocycles. The second-order valence-corrected chi connectivity index (χ2v) is 9.92. The van der Waals surface area contributed by atoms with Crippen molar-refractivity contribution in [1.29, 1.82) is 0 Å². The fraction of sp³-hybridized carbons (Fsp3) is 0.458. The van der Waals surface area contributed by atoms with Crippen LogP contribution < -0.4 is 4.90 Å². The highest BCUT2D eigenvalue weighted by Crippen LogP contribution is 2.38. The molecule has 1 fully saturated rings. The van der Waals surface area contributed by atoms with Gasteiger partial charge in [0.2, 0.25) is 15.9 Å². The van der Waals surface area contributed by atoms with Gasteiger partial charge in [-0.15, -0.1) is 0 Å². The van der Waals surface area contributed by atoms with E-state index in [1.807, 2.05) is 45.0 Å². The molecular formula is C24H33N3O3S. The Hall–Kier alpha value is -2.38. The van der Waals surface area contributed by atoms with Crippen molar-refractivity contribution in [2.24, 2.45) is 0 Å². The molecule has 0 bridgehead atoms. The van der Waals surface area contributed by atoms with Crippen LogP contribution in [0.2, 0.25) is 0 Å². The van der Waals surface area contributed by atoms with Crippen molar-refractivity contribution >= 4 is 21.6 Å². The van der Waals surface area contributed by atoms with Crippen LogP contribution in [0.15, 0.2) is 53.4 Å². The summed E-state index contributed by atoms with van der Waals surface area (Å²) >= 11 is 0. The van der Waals surface area contributed by atoms with E-state index in [-0.39, 0.29) is 23.4 Å². The van der Waals surface area contributed by atoms with Crippen LogP contribution in [0.3, 0.4) is 0 Å². The van der Waals surface area contributed by atoms with Gasteiger partial charge in [0.25, 0.3) is 0 Å². The minimum Gasteiger partial charge on any atom is -0.372 e. The summed E-state index contributed by atoms with van der Waals surface area (Å²) in [5, 5.41) is 0. The molecule has 7 heteroatoms. The first kappa shape index (κ1) is 23.3. The highest BCUT2D eigenvalue weighted by molar-refractivity contribution is 7.89. The maximum Gasteiger partial charge on any atom is 0.245 e. The van der Waals surface area contributed by atoms with Crippen molar-refractivity contribution in [3.8, 4) is 0 Å². The van der Waals surface area contributed by atoms with E-state index in [2.05, 4.69) is 18.7 Å². The Balaban J connectivity index is 2.06. The van der Waals surface area contributed by atoms with Gasteiger partial charge >= 0.3 is 0 Å². The van der Waals surface area contributed by atoms with Crippen LogP contribution >= 0.6 is 0 Å². The van der Waals surface area contributed by atoms with Crippen LogP contribution in [0.5, 0.6) is 0 Å². The number of rotatable bonds is 7. The van der Waals surface area contributed by atoms with Gasteiger partial charge in [-0.25, -0.2) is 8.42 Å². The second kappa shape index (κ2) is 9.40. The molecule has 2 atom stereocenters. The topological polar surface area (TPSA) is 60.9 Å². The smallest absolute Gasteiger partial charge is 0.245 e. The van der Waals surface area contributed by atoms with Crippen molar-refractivity contribution in [3.63, 3.8) is 0 Å². The quantitative estimate of drug-likeness (QED) is 0.644. The normalized spacial score (nSPS) is 19.6. The maximum atomic E-state index is 13.6. The summed E-state index contributed by atoms with van der Waals surface area (Å²) in [6.45, 7) is 11.9. The van der Waals surface area contributed by atoms with E-state index >= 15 is 0 Å². The summed E-state index contributed by atoms with van der Waals surface area (Å²) in [5.74, 6) is -0.0491. The third kappa shape index (κ3) is 4.48. The zero-order chi connectivity index (χ0) is 22.8. The lowest BCUT2D eigenvalue weighted by Gasteiger charge is -2.32. The number of carbonyl (C=O) groups excluding carboxylic acids is 1. The van der Waals surface area contributed by atoms with Crippen LogP contribution in [0, 0.1) is 6.92 Å². The Morgan fingerprint density at radius 3 is 2.10 bits per heavy atom. The van der Waals surface area contributed by atoms with Crippen LogP contribution in [0.1, 0.15) is 51.4 Å².